The van der Waals surface area contributed by atoms with E-state index in [9.17, 15) is 33.0 Å². The Bertz CT molecular complexity index is 1090. The van der Waals surface area contributed by atoms with Crippen LogP contribution in [0.15, 0.2) is 12.1 Å². The van der Waals surface area contributed by atoms with Crippen molar-refractivity contribution >= 4 is 46.4 Å². The first-order valence-electron chi connectivity index (χ1n) is 8.71. The number of carbonyl (C=O) groups is 2. The van der Waals surface area contributed by atoms with Gasteiger partial charge in [-0.15, -0.1) is 0 Å². The van der Waals surface area contributed by atoms with Gasteiger partial charge in [0.05, 0.1) is 22.5 Å². The second-order valence-corrected chi connectivity index (χ2v) is 7.38. The zero-order valence-corrected chi connectivity index (χ0v) is 15.8. The second-order valence-electron chi connectivity index (χ2n) is 7.00. The van der Waals surface area contributed by atoms with Crippen molar-refractivity contribution in [3.63, 3.8) is 0 Å². The van der Waals surface area contributed by atoms with Crippen molar-refractivity contribution in [2.24, 2.45) is 5.92 Å². The third-order valence-corrected chi connectivity index (χ3v) is 5.41. The van der Waals surface area contributed by atoms with E-state index < -0.39 is 59.4 Å². The minimum atomic E-state index is -1.67. The molecule has 0 aliphatic carbocycles. The molecule has 2 aliphatic heterocycles. The Balaban J connectivity index is 1.96. The summed E-state index contributed by atoms with van der Waals surface area (Å²) < 4.78 is 42.9. The minimum Gasteiger partial charge on any atom is -0.481 e. The van der Waals surface area contributed by atoms with Crippen molar-refractivity contribution in [2.75, 3.05) is 35.2 Å². The first-order chi connectivity index (χ1) is 14.1. The number of carbonyl (C=O) groups excluding carboxylic acids is 1. The van der Waals surface area contributed by atoms with Crippen molar-refractivity contribution in [3.8, 4) is 0 Å². The van der Waals surface area contributed by atoms with Crippen LogP contribution < -0.4 is 15.5 Å². The molecule has 1 fully saturated rings. The molecule has 0 bridgehead atoms. The maximum absolute atomic E-state index is 14.8. The molecule has 12 heteroatoms. The lowest BCUT2D eigenvalue weighted by Gasteiger charge is -2.40. The van der Waals surface area contributed by atoms with Gasteiger partial charge in [-0.1, -0.05) is 11.6 Å². The number of aliphatic hydroxyl groups is 1. The van der Waals surface area contributed by atoms with Crippen molar-refractivity contribution in [2.45, 2.75) is 6.10 Å². The maximum atomic E-state index is 14.8. The Hall–Kier alpha value is -3.05. The predicted molar refractivity (Wildman–Crippen MR) is 101 cm³/mol. The van der Waals surface area contributed by atoms with E-state index in [4.69, 9.17) is 17.3 Å². The number of rotatable bonds is 3. The highest BCUT2D eigenvalue weighted by molar-refractivity contribution is 6.37. The highest BCUT2D eigenvalue weighted by atomic mass is 35.5. The highest BCUT2D eigenvalue weighted by Crippen LogP contribution is 2.47. The Morgan fingerprint density at radius 1 is 1.13 bits per heavy atom. The first-order valence-corrected chi connectivity index (χ1v) is 9.09. The van der Waals surface area contributed by atoms with Crippen LogP contribution >= 0.6 is 11.6 Å². The van der Waals surface area contributed by atoms with Gasteiger partial charge in [-0.25, -0.2) is 18.2 Å². The van der Waals surface area contributed by atoms with Crippen molar-refractivity contribution in [1.29, 1.82) is 0 Å². The molecule has 4 rings (SSSR count). The lowest BCUT2D eigenvalue weighted by Crippen LogP contribution is -2.51. The highest BCUT2D eigenvalue weighted by Gasteiger charge is 2.42. The molecule has 0 radical (unpaired) electrons. The lowest BCUT2D eigenvalue weighted by molar-refractivity contribution is -0.139. The summed E-state index contributed by atoms with van der Waals surface area (Å²) in [5, 5.41) is 18.6. The summed E-state index contributed by atoms with van der Waals surface area (Å²) in [6.07, 6.45) is -0.693. The van der Waals surface area contributed by atoms with Crippen LogP contribution in [-0.4, -0.2) is 52.7 Å². The summed E-state index contributed by atoms with van der Waals surface area (Å²) in [5.41, 5.74) is 4.74. The molecule has 2 aliphatic rings. The molecular formula is C18H14ClF3N4O4. The van der Waals surface area contributed by atoms with Crippen LogP contribution in [0.4, 0.5) is 36.2 Å². The second kappa shape index (κ2) is 7.03. The molecule has 1 atom stereocenters. The third kappa shape index (κ3) is 3.01. The fraction of sp³-hybridized carbons (Fsp3) is 0.278. The van der Waals surface area contributed by atoms with Gasteiger partial charge < -0.3 is 25.7 Å². The Morgan fingerprint density at radius 3 is 2.40 bits per heavy atom. The SMILES string of the molecule is Nc1nc(N2CC(C(=O)O)C(=O)c3cc(F)c(N4CC(O)C4)c(Cl)c32)c(F)cc1F. The van der Waals surface area contributed by atoms with Crippen molar-refractivity contribution < 1.29 is 33.0 Å². The third-order valence-electron chi connectivity index (χ3n) is 5.06. The molecule has 0 saturated carbocycles. The standard InChI is InChI=1S/C18H14ClF3N4O4/c19-12-13-7(1-9(20)14(12)25-3-6(27)4-25)15(28)8(18(29)30)5-26(13)17-11(22)2-10(21)16(23)24-17/h1-2,6,8,27H,3-5H2,(H2,23,24)(H,29,30). The largest absolute Gasteiger partial charge is 0.481 e. The van der Waals surface area contributed by atoms with Crippen molar-refractivity contribution in [3.05, 3.63) is 40.2 Å². The molecule has 1 saturated heterocycles. The Kier molecular flexibility index (Phi) is 4.74. The molecule has 0 amide bonds. The number of benzene rings is 1. The zero-order chi connectivity index (χ0) is 21.9. The Morgan fingerprint density at radius 2 is 1.80 bits per heavy atom. The minimum absolute atomic E-state index is 0.0806. The van der Waals surface area contributed by atoms with Crippen LogP contribution in [0.25, 0.3) is 0 Å². The number of aliphatic carboxylic acids is 1. The number of aliphatic hydroxyl groups excluding tert-OH is 1. The molecular weight excluding hydrogens is 429 g/mol. The fourth-order valence-electron chi connectivity index (χ4n) is 3.57. The zero-order valence-electron chi connectivity index (χ0n) is 15.1. The topological polar surface area (TPSA) is 120 Å². The van der Waals surface area contributed by atoms with E-state index in [-0.39, 0.29) is 35.1 Å². The van der Waals surface area contributed by atoms with E-state index in [1.165, 1.54) is 4.90 Å². The summed E-state index contributed by atoms with van der Waals surface area (Å²) in [6.45, 7) is -0.419. The van der Waals surface area contributed by atoms with Crippen molar-refractivity contribution in [1.82, 2.24) is 4.98 Å². The summed E-state index contributed by atoms with van der Waals surface area (Å²) >= 11 is 6.39. The monoisotopic (exact) mass is 442 g/mol. The van der Waals surface area contributed by atoms with Gasteiger partial charge in [-0.2, -0.15) is 0 Å². The van der Waals surface area contributed by atoms with Crippen LogP contribution in [-0.2, 0) is 4.79 Å². The average molecular weight is 443 g/mol. The Labute approximate surface area is 172 Å². The van der Waals surface area contributed by atoms with Gasteiger partial charge in [0.25, 0.3) is 0 Å². The van der Waals surface area contributed by atoms with Gasteiger partial charge in [-0.05, 0) is 6.07 Å². The normalized spacial score (nSPS) is 19.0. The van der Waals surface area contributed by atoms with Gasteiger partial charge in [0.15, 0.2) is 29.1 Å². The number of β-amino-alcohol motifs (C(OH)–C–C–N with tert-alkyl or cyclic N) is 1. The van der Waals surface area contributed by atoms with Gasteiger partial charge in [-0.3, -0.25) is 9.59 Å². The summed E-state index contributed by atoms with van der Waals surface area (Å²) in [6, 6.07) is 1.28. The molecule has 0 spiro atoms. The quantitative estimate of drug-likeness (QED) is 0.617. The van der Waals surface area contributed by atoms with Crippen LogP contribution in [0.3, 0.4) is 0 Å². The van der Waals surface area contributed by atoms with Crippen LogP contribution in [0.5, 0.6) is 0 Å². The number of hydrogen-bond donors (Lipinski definition) is 3. The van der Waals surface area contributed by atoms with Crippen LogP contribution in [0.2, 0.25) is 5.02 Å². The number of anilines is 4. The number of aromatic nitrogens is 1. The number of nitrogen functional groups attached to an aromatic ring is 1. The van der Waals surface area contributed by atoms with Gasteiger partial charge in [0, 0.05) is 31.3 Å². The summed E-state index contributed by atoms with van der Waals surface area (Å²) in [4.78, 5) is 30.3. The number of nitrogens with zero attached hydrogens (tertiary/aromatic N) is 3. The molecule has 8 nitrogen and oxygen atoms in total. The first kappa shape index (κ1) is 20.2. The van der Waals surface area contributed by atoms with E-state index in [1.54, 1.807) is 0 Å². The molecule has 1 aromatic heterocycles. The van der Waals surface area contributed by atoms with E-state index in [2.05, 4.69) is 4.98 Å². The number of nitrogens with two attached hydrogens (primary N) is 1. The number of fused-ring (bicyclic) bond motifs is 1. The number of Topliss-reactive ketones (excluding diaryl/α,β-unsaturated/α-hetero) is 1. The van der Waals surface area contributed by atoms with Crippen LogP contribution in [0.1, 0.15) is 10.4 Å². The van der Waals surface area contributed by atoms with Gasteiger partial charge >= 0.3 is 5.97 Å². The predicted octanol–water partition coefficient (Wildman–Crippen LogP) is 1.95. The van der Waals surface area contributed by atoms with E-state index in [1.807, 2.05) is 0 Å². The summed E-state index contributed by atoms with van der Waals surface area (Å²) in [5.74, 6) is -8.52. The lowest BCUT2D eigenvalue weighted by atomic mass is 9.90. The maximum Gasteiger partial charge on any atom is 0.316 e. The number of hydrogen-bond acceptors (Lipinski definition) is 7. The summed E-state index contributed by atoms with van der Waals surface area (Å²) in [7, 11) is 0. The van der Waals surface area contributed by atoms with E-state index in [0.29, 0.717) is 6.07 Å². The number of pyridine rings is 1. The number of carboxylic acids is 1. The molecule has 1 unspecified atom stereocenters. The molecule has 30 heavy (non-hydrogen) atoms. The van der Waals surface area contributed by atoms with E-state index >= 15 is 0 Å². The van der Waals surface area contributed by atoms with Crippen LogP contribution in [0, 0.1) is 23.4 Å². The fourth-order valence-corrected chi connectivity index (χ4v) is 3.98. The molecule has 158 valence electrons. The molecule has 4 N–H and O–H groups in total. The van der Waals surface area contributed by atoms with E-state index in [0.717, 1.165) is 11.0 Å². The van der Waals surface area contributed by atoms with Gasteiger partial charge in [0.1, 0.15) is 11.7 Å². The average Bonchev–Trinajstić information content (AvgIpc) is 2.64. The number of halogens is 4. The molecule has 3 heterocycles. The number of ketones is 1. The smallest absolute Gasteiger partial charge is 0.316 e. The molecule has 2 aromatic rings. The number of carboxylic acid groups (broad SMARTS) is 1. The molecule has 1 aromatic carbocycles. The van der Waals surface area contributed by atoms with Gasteiger partial charge in [0.2, 0.25) is 0 Å².